The Morgan fingerprint density at radius 3 is 2.54 bits per heavy atom. The van der Waals surface area contributed by atoms with Crippen LogP contribution < -0.4 is 0 Å². The SMILES string of the molecule is CC(C)(C)SC1(Cl)C=CC=C(Cl)C1. The smallest absolute Gasteiger partial charge is 0.113 e. The summed E-state index contributed by atoms with van der Waals surface area (Å²) in [6.07, 6.45) is 6.55. The number of allylic oxidation sites excluding steroid dienone is 3. The Kier molecular flexibility index (Phi) is 3.43. The number of thioether (sulfide) groups is 1. The first-order valence-electron chi connectivity index (χ1n) is 4.24. The minimum Gasteiger partial charge on any atom is -0.128 e. The van der Waals surface area contributed by atoms with Gasteiger partial charge in [0, 0.05) is 16.2 Å². The van der Waals surface area contributed by atoms with Crippen molar-refractivity contribution in [2.75, 3.05) is 0 Å². The number of halogens is 2. The molecule has 1 rings (SSSR count). The Morgan fingerprint density at radius 2 is 2.08 bits per heavy atom. The van der Waals surface area contributed by atoms with Crippen LogP contribution in [0.1, 0.15) is 27.2 Å². The summed E-state index contributed by atoms with van der Waals surface area (Å²) in [5.41, 5.74) is 0. The van der Waals surface area contributed by atoms with E-state index in [1.165, 1.54) is 0 Å². The zero-order chi connectivity index (χ0) is 10.1. The molecule has 0 heterocycles. The third-order valence-corrected chi connectivity index (χ3v) is 3.49. The van der Waals surface area contributed by atoms with Crippen LogP contribution in [0.2, 0.25) is 0 Å². The maximum atomic E-state index is 6.41. The molecule has 0 spiro atoms. The van der Waals surface area contributed by atoms with Crippen LogP contribution in [0.15, 0.2) is 23.3 Å². The lowest BCUT2D eigenvalue weighted by Crippen LogP contribution is -2.23. The molecule has 1 aliphatic carbocycles. The van der Waals surface area contributed by atoms with Crippen LogP contribution >= 0.6 is 35.0 Å². The van der Waals surface area contributed by atoms with Crippen molar-refractivity contribution in [2.24, 2.45) is 0 Å². The van der Waals surface area contributed by atoms with E-state index in [0.717, 1.165) is 5.03 Å². The van der Waals surface area contributed by atoms with Crippen molar-refractivity contribution in [1.29, 1.82) is 0 Å². The van der Waals surface area contributed by atoms with E-state index in [1.54, 1.807) is 11.8 Å². The molecule has 0 radical (unpaired) electrons. The Morgan fingerprint density at radius 1 is 1.46 bits per heavy atom. The summed E-state index contributed by atoms with van der Waals surface area (Å²) < 4.78 is -0.204. The topological polar surface area (TPSA) is 0 Å². The molecule has 0 aliphatic heterocycles. The molecule has 1 unspecified atom stereocenters. The highest BCUT2D eigenvalue weighted by atomic mass is 35.5. The predicted octanol–water partition coefficient (Wildman–Crippen LogP) is 4.54. The molecule has 1 atom stereocenters. The quantitative estimate of drug-likeness (QED) is 0.603. The van der Waals surface area contributed by atoms with Gasteiger partial charge in [0.15, 0.2) is 0 Å². The van der Waals surface area contributed by atoms with Crippen LogP contribution in [0.4, 0.5) is 0 Å². The van der Waals surface area contributed by atoms with Gasteiger partial charge in [-0.3, -0.25) is 0 Å². The van der Waals surface area contributed by atoms with Gasteiger partial charge in [0.05, 0.1) is 0 Å². The fourth-order valence-electron chi connectivity index (χ4n) is 1.22. The van der Waals surface area contributed by atoms with E-state index in [4.69, 9.17) is 23.2 Å². The van der Waals surface area contributed by atoms with Gasteiger partial charge in [-0.15, -0.1) is 23.4 Å². The summed E-state index contributed by atoms with van der Waals surface area (Å²) in [6.45, 7) is 6.46. The van der Waals surface area contributed by atoms with Crippen LogP contribution in [-0.2, 0) is 0 Å². The van der Waals surface area contributed by atoms with Crippen molar-refractivity contribution in [2.45, 2.75) is 36.1 Å². The summed E-state index contributed by atoms with van der Waals surface area (Å²) >= 11 is 14.1. The molecule has 0 N–H and O–H groups in total. The molecule has 3 heteroatoms. The highest BCUT2D eigenvalue weighted by molar-refractivity contribution is 8.03. The second kappa shape index (κ2) is 3.88. The molecule has 0 aromatic heterocycles. The highest BCUT2D eigenvalue weighted by Gasteiger charge is 2.32. The van der Waals surface area contributed by atoms with Crippen molar-refractivity contribution >= 4 is 35.0 Å². The van der Waals surface area contributed by atoms with Gasteiger partial charge in [0.2, 0.25) is 0 Å². The number of alkyl halides is 1. The maximum Gasteiger partial charge on any atom is 0.113 e. The molecule has 0 amide bonds. The highest BCUT2D eigenvalue weighted by Crippen LogP contribution is 2.46. The molecule has 0 saturated heterocycles. The molecule has 0 saturated carbocycles. The summed E-state index contributed by atoms with van der Waals surface area (Å²) in [5.74, 6) is 0. The van der Waals surface area contributed by atoms with E-state index in [-0.39, 0.29) is 8.95 Å². The standard InChI is InChI=1S/C10H14Cl2S/c1-9(2,3)13-10(12)6-4-5-8(11)7-10/h4-6H,7H2,1-3H3. The van der Waals surface area contributed by atoms with Crippen molar-refractivity contribution in [1.82, 2.24) is 0 Å². The minimum atomic E-state index is -0.357. The molecular weight excluding hydrogens is 223 g/mol. The fraction of sp³-hybridized carbons (Fsp3) is 0.600. The van der Waals surface area contributed by atoms with Gasteiger partial charge < -0.3 is 0 Å². The molecule has 1 aliphatic rings. The monoisotopic (exact) mass is 236 g/mol. The van der Waals surface area contributed by atoms with E-state index in [2.05, 4.69) is 20.8 Å². The largest absolute Gasteiger partial charge is 0.128 e. The Hall–Kier alpha value is 0.410. The van der Waals surface area contributed by atoms with Gasteiger partial charge in [0.1, 0.15) is 4.21 Å². The van der Waals surface area contributed by atoms with E-state index < -0.39 is 0 Å². The molecule has 13 heavy (non-hydrogen) atoms. The van der Waals surface area contributed by atoms with Crippen molar-refractivity contribution < 1.29 is 0 Å². The minimum absolute atomic E-state index is 0.153. The van der Waals surface area contributed by atoms with Gasteiger partial charge in [-0.25, -0.2) is 0 Å². The molecule has 0 aromatic carbocycles. The molecule has 74 valence electrons. The van der Waals surface area contributed by atoms with Crippen LogP contribution in [0.5, 0.6) is 0 Å². The number of hydrogen-bond acceptors (Lipinski definition) is 1. The van der Waals surface area contributed by atoms with Gasteiger partial charge in [0.25, 0.3) is 0 Å². The van der Waals surface area contributed by atoms with Crippen LogP contribution in [0.3, 0.4) is 0 Å². The third kappa shape index (κ3) is 3.97. The maximum absolute atomic E-state index is 6.41. The molecule has 0 aromatic rings. The first-order chi connectivity index (χ1) is 5.81. The van der Waals surface area contributed by atoms with Crippen LogP contribution in [0.25, 0.3) is 0 Å². The van der Waals surface area contributed by atoms with Crippen molar-refractivity contribution in [3.05, 3.63) is 23.3 Å². The Labute approximate surface area is 94.4 Å². The first-order valence-corrected chi connectivity index (χ1v) is 5.81. The van der Waals surface area contributed by atoms with Crippen molar-refractivity contribution in [3.8, 4) is 0 Å². The lowest BCUT2D eigenvalue weighted by atomic mass is 10.2. The molecule has 0 nitrogen and oxygen atoms in total. The zero-order valence-electron chi connectivity index (χ0n) is 8.10. The molecule has 0 bridgehead atoms. The number of rotatable bonds is 1. The van der Waals surface area contributed by atoms with Crippen molar-refractivity contribution in [3.63, 3.8) is 0 Å². The Bertz CT molecular complexity index is 250. The van der Waals surface area contributed by atoms with E-state index >= 15 is 0 Å². The van der Waals surface area contributed by atoms with Gasteiger partial charge in [-0.05, 0) is 6.08 Å². The summed E-state index contributed by atoms with van der Waals surface area (Å²) in [5, 5.41) is 0.828. The lowest BCUT2D eigenvalue weighted by molar-refractivity contribution is 0.786. The second-order valence-electron chi connectivity index (χ2n) is 4.15. The average Bonchev–Trinajstić information content (AvgIpc) is 1.79. The van der Waals surface area contributed by atoms with Gasteiger partial charge >= 0.3 is 0 Å². The lowest BCUT2D eigenvalue weighted by Gasteiger charge is -2.31. The second-order valence-corrected chi connectivity index (χ2v) is 7.69. The summed E-state index contributed by atoms with van der Waals surface area (Å²) in [4.78, 5) is 0. The van der Waals surface area contributed by atoms with E-state index in [9.17, 15) is 0 Å². The predicted molar refractivity (Wildman–Crippen MR) is 63.6 cm³/mol. The third-order valence-electron chi connectivity index (χ3n) is 1.51. The van der Waals surface area contributed by atoms with Gasteiger partial charge in [-0.1, -0.05) is 44.5 Å². The number of hydrogen-bond donors (Lipinski definition) is 0. The fourth-order valence-corrected chi connectivity index (χ4v) is 3.96. The van der Waals surface area contributed by atoms with E-state index in [1.807, 2.05) is 18.2 Å². The normalized spacial score (nSPS) is 28.8. The summed E-state index contributed by atoms with van der Waals surface area (Å²) in [7, 11) is 0. The summed E-state index contributed by atoms with van der Waals surface area (Å²) in [6, 6.07) is 0. The van der Waals surface area contributed by atoms with E-state index in [0.29, 0.717) is 6.42 Å². The van der Waals surface area contributed by atoms with Crippen LogP contribution in [0, 0.1) is 0 Å². The average molecular weight is 237 g/mol. The molecular formula is C10H14Cl2S. The van der Waals surface area contributed by atoms with Gasteiger partial charge in [-0.2, -0.15) is 0 Å². The molecule has 0 fully saturated rings. The Balaban J connectivity index is 2.69. The van der Waals surface area contributed by atoms with Crippen LogP contribution in [-0.4, -0.2) is 8.95 Å². The zero-order valence-corrected chi connectivity index (χ0v) is 10.4. The first kappa shape index (κ1) is 11.5.